The van der Waals surface area contributed by atoms with Crippen molar-refractivity contribution in [1.29, 1.82) is 0 Å². The summed E-state index contributed by atoms with van der Waals surface area (Å²) in [6, 6.07) is 3.51. The van der Waals surface area contributed by atoms with Gasteiger partial charge in [0.15, 0.2) is 11.6 Å². The van der Waals surface area contributed by atoms with Gasteiger partial charge in [-0.25, -0.2) is 0 Å². The third-order valence-corrected chi connectivity index (χ3v) is 2.49. The molecule has 1 unspecified atom stereocenters. The Morgan fingerprint density at radius 3 is 3.05 bits per heavy atom. The summed E-state index contributed by atoms with van der Waals surface area (Å²) in [5.41, 5.74) is 0. The number of ether oxygens (including phenoxy) is 1. The fourth-order valence-corrected chi connectivity index (χ4v) is 1.73. The van der Waals surface area contributed by atoms with Gasteiger partial charge >= 0.3 is 0 Å². The van der Waals surface area contributed by atoms with Crippen LogP contribution in [0.3, 0.4) is 0 Å². The van der Waals surface area contributed by atoms with Crippen LogP contribution < -0.4 is 0 Å². The van der Waals surface area contributed by atoms with Gasteiger partial charge in [0.1, 0.15) is 0 Å². The van der Waals surface area contributed by atoms with Crippen molar-refractivity contribution in [1.82, 2.24) is 15.0 Å². The molecule has 2 aromatic heterocycles. The molecule has 0 spiro atoms. The van der Waals surface area contributed by atoms with Crippen molar-refractivity contribution in [3.8, 4) is 11.7 Å². The first-order chi connectivity index (χ1) is 9.19. The lowest BCUT2D eigenvalue weighted by Crippen LogP contribution is -2.31. The highest BCUT2D eigenvalue weighted by atomic mass is 16.5. The van der Waals surface area contributed by atoms with Gasteiger partial charge in [-0.2, -0.15) is 4.98 Å². The van der Waals surface area contributed by atoms with Gasteiger partial charge in [0.25, 0.3) is 5.89 Å². The molecule has 0 aliphatic carbocycles. The van der Waals surface area contributed by atoms with Crippen molar-refractivity contribution in [2.45, 2.75) is 12.6 Å². The highest BCUT2D eigenvalue weighted by Crippen LogP contribution is 2.17. The molecular weight excluding hydrogens is 250 g/mol. The van der Waals surface area contributed by atoms with Gasteiger partial charge < -0.3 is 18.8 Å². The standard InChI is InChI=1S/C12H17N3O4/c1-15(6-9(16)8-17-2)7-11-13-12(19-14-11)10-4-3-5-18-10/h3-5,9,16H,6-8H2,1-2H3. The fourth-order valence-electron chi connectivity index (χ4n) is 1.73. The van der Waals surface area contributed by atoms with Crippen LogP contribution in [0.15, 0.2) is 27.3 Å². The van der Waals surface area contributed by atoms with Crippen LogP contribution in [-0.2, 0) is 11.3 Å². The van der Waals surface area contributed by atoms with Crippen LogP contribution in [0.1, 0.15) is 5.82 Å². The Morgan fingerprint density at radius 2 is 2.37 bits per heavy atom. The quantitative estimate of drug-likeness (QED) is 0.793. The van der Waals surface area contributed by atoms with Gasteiger partial charge in [-0.15, -0.1) is 0 Å². The van der Waals surface area contributed by atoms with E-state index in [-0.39, 0.29) is 0 Å². The fraction of sp³-hybridized carbons (Fsp3) is 0.500. The van der Waals surface area contributed by atoms with Crippen LogP contribution in [0.5, 0.6) is 0 Å². The number of nitrogens with zero attached hydrogens (tertiary/aromatic N) is 3. The van der Waals surface area contributed by atoms with Crippen LogP contribution in [-0.4, -0.2) is 53.6 Å². The number of aromatic nitrogens is 2. The Morgan fingerprint density at radius 1 is 1.53 bits per heavy atom. The topological polar surface area (TPSA) is 84.8 Å². The molecule has 0 aliphatic rings. The number of hydrogen-bond donors (Lipinski definition) is 1. The average Bonchev–Trinajstić information content (AvgIpc) is 2.98. The summed E-state index contributed by atoms with van der Waals surface area (Å²) in [6.07, 6.45) is 1.01. The molecule has 0 aliphatic heterocycles. The molecule has 2 aromatic rings. The van der Waals surface area contributed by atoms with E-state index in [2.05, 4.69) is 10.1 Å². The maximum absolute atomic E-state index is 9.61. The third-order valence-electron chi connectivity index (χ3n) is 2.49. The molecule has 0 saturated heterocycles. The minimum Gasteiger partial charge on any atom is -0.459 e. The van der Waals surface area contributed by atoms with E-state index in [1.54, 1.807) is 25.5 Å². The molecule has 0 bridgehead atoms. The molecule has 0 aromatic carbocycles. The van der Waals surface area contributed by atoms with E-state index >= 15 is 0 Å². The maximum atomic E-state index is 9.61. The van der Waals surface area contributed by atoms with Crippen molar-refractivity contribution in [2.75, 3.05) is 27.3 Å². The number of aliphatic hydroxyl groups is 1. The van der Waals surface area contributed by atoms with E-state index in [0.717, 1.165) is 0 Å². The first kappa shape index (κ1) is 13.7. The third kappa shape index (κ3) is 3.88. The average molecular weight is 267 g/mol. The summed E-state index contributed by atoms with van der Waals surface area (Å²) in [5.74, 6) is 1.44. The number of rotatable bonds is 7. The highest BCUT2D eigenvalue weighted by Gasteiger charge is 2.14. The molecule has 2 heterocycles. The minimum absolute atomic E-state index is 0.300. The van der Waals surface area contributed by atoms with E-state index in [0.29, 0.717) is 37.2 Å². The van der Waals surface area contributed by atoms with Crippen LogP contribution in [0, 0.1) is 0 Å². The van der Waals surface area contributed by atoms with Crippen LogP contribution in [0.4, 0.5) is 0 Å². The second kappa shape index (κ2) is 6.46. The van der Waals surface area contributed by atoms with E-state index in [1.807, 2.05) is 11.9 Å². The van der Waals surface area contributed by atoms with Gasteiger partial charge in [-0.3, -0.25) is 4.90 Å². The largest absolute Gasteiger partial charge is 0.459 e. The van der Waals surface area contributed by atoms with Crippen molar-refractivity contribution >= 4 is 0 Å². The number of furan rings is 1. The molecule has 0 amide bonds. The summed E-state index contributed by atoms with van der Waals surface area (Å²) in [4.78, 5) is 6.11. The highest BCUT2D eigenvalue weighted by molar-refractivity contribution is 5.42. The van der Waals surface area contributed by atoms with Crippen molar-refractivity contribution in [3.63, 3.8) is 0 Å². The molecule has 1 N–H and O–H groups in total. The number of hydrogen-bond acceptors (Lipinski definition) is 7. The molecule has 7 heteroatoms. The molecule has 0 saturated carbocycles. The lowest BCUT2D eigenvalue weighted by Gasteiger charge is -2.18. The molecule has 19 heavy (non-hydrogen) atoms. The Hall–Kier alpha value is -1.70. The predicted octanol–water partition coefficient (Wildman–Crippen LogP) is 0.769. The van der Waals surface area contributed by atoms with E-state index < -0.39 is 6.10 Å². The zero-order valence-electron chi connectivity index (χ0n) is 10.9. The van der Waals surface area contributed by atoms with Crippen molar-refractivity contribution in [3.05, 3.63) is 24.2 Å². The smallest absolute Gasteiger partial charge is 0.293 e. The Labute approximate surface area is 110 Å². The second-order valence-electron chi connectivity index (χ2n) is 4.30. The molecule has 2 rings (SSSR count). The van der Waals surface area contributed by atoms with Gasteiger partial charge in [-0.1, -0.05) is 5.16 Å². The van der Waals surface area contributed by atoms with E-state index in [9.17, 15) is 5.11 Å². The van der Waals surface area contributed by atoms with Gasteiger partial charge in [0.05, 0.1) is 25.5 Å². The summed E-state index contributed by atoms with van der Waals surface area (Å²) >= 11 is 0. The van der Waals surface area contributed by atoms with Gasteiger partial charge in [0, 0.05) is 13.7 Å². The number of methoxy groups -OCH3 is 1. The number of aliphatic hydroxyl groups excluding tert-OH is 1. The van der Waals surface area contributed by atoms with Crippen LogP contribution in [0.2, 0.25) is 0 Å². The Kier molecular flexibility index (Phi) is 4.67. The maximum Gasteiger partial charge on any atom is 0.293 e. The Balaban J connectivity index is 1.89. The van der Waals surface area contributed by atoms with Gasteiger partial charge in [0.2, 0.25) is 0 Å². The minimum atomic E-state index is -0.536. The van der Waals surface area contributed by atoms with E-state index in [4.69, 9.17) is 13.7 Å². The lowest BCUT2D eigenvalue weighted by molar-refractivity contribution is 0.0413. The first-order valence-corrected chi connectivity index (χ1v) is 5.91. The van der Waals surface area contributed by atoms with Crippen molar-refractivity contribution < 1.29 is 18.8 Å². The van der Waals surface area contributed by atoms with Gasteiger partial charge in [-0.05, 0) is 19.2 Å². The normalized spacial score (nSPS) is 13.1. The SMILES string of the molecule is COCC(O)CN(C)Cc1noc(-c2ccco2)n1. The summed E-state index contributed by atoms with van der Waals surface area (Å²) in [5, 5.41) is 13.5. The van der Waals surface area contributed by atoms with Crippen LogP contribution in [0.25, 0.3) is 11.7 Å². The zero-order chi connectivity index (χ0) is 13.7. The second-order valence-corrected chi connectivity index (χ2v) is 4.30. The molecule has 1 atom stereocenters. The van der Waals surface area contributed by atoms with E-state index in [1.165, 1.54) is 0 Å². The summed E-state index contributed by atoms with van der Waals surface area (Å²) < 4.78 is 15.1. The Bertz CT molecular complexity index is 483. The monoisotopic (exact) mass is 267 g/mol. The molecule has 104 valence electrons. The zero-order valence-corrected chi connectivity index (χ0v) is 10.9. The van der Waals surface area contributed by atoms with Crippen molar-refractivity contribution in [2.24, 2.45) is 0 Å². The summed E-state index contributed by atoms with van der Waals surface area (Å²) in [7, 11) is 3.42. The molecule has 7 nitrogen and oxygen atoms in total. The number of likely N-dealkylation sites (N-methyl/N-ethyl adjacent to an activating group) is 1. The lowest BCUT2D eigenvalue weighted by atomic mass is 10.3. The molecular formula is C12H17N3O4. The predicted molar refractivity (Wildman–Crippen MR) is 66.2 cm³/mol. The molecule has 0 radical (unpaired) electrons. The summed E-state index contributed by atoms with van der Waals surface area (Å²) in [6.45, 7) is 1.25. The first-order valence-electron chi connectivity index (χ1n) is 5.91. The van der Waals surface area contributed by atoms with Crippen LogP contribution >= 0.6 is 0 Å². The molecule has 0 fully saturated rings.